The molecule has 2 unspecified atom stereocenters. The van der Waals surface area contributed by atoms with Crippen LogP contribution in [0.25, 0.3) is 5.69 Å². The van der Waals surface area contributed by atoms with Gasteiger partial charge in [0.15, 0.2) is 0 Å². The molecule has 2 fully saturated rings. The molecular weight excluding hydrogens is 637 g/mol. The molecular formula is C38H46N6O4S. The zero-order chi connectivity index (χ0) is 34.5. The number of hydrogen-bond acceptors (Lipinski definition) is 6. The minimum absolute atomic E-state index is 0.0168. The molecule has 3 aliphatic heterocycles. The summed E-state index contributed by atoms with van der Waals surface area (Å²) in [4.78, 5) is 15.7. The van der Waals surface area contributed by atoms with Crippen LogP contribution in [0.5, 0.6) is 5.75 Å². The van der Waals surface area contributed by atoms with E-state index in [0.717, 1.165) is 66.8 Å². The highest BCUT2D eigenvalue weighted by Crippen LogP contribution is 2.44. The summed E-state index contributed by atoms with van der Waals surface area (Å²) in [6.07, 6.45) is 4.21. The van der Waals surface area contributed by atoms with Crippen LogP contribution in [0.4, 0.5) is 22.0 Å². The number of rotatable bonds is 7. The van der Waals surface area contributed by atoms with Crippen LogP contribution in [0.3, 0.4) is 0 Å². The number of sulfonamides is 1. The van der Waals surface area contributed by atoms with Gasteiger partial charge < -0.3 is 15.0 Å². The number of likely N-dealkylation sites (N-methyl/N-ethyl adjacent to an activating group) is 1. The number of nitrogens with zero attached hydrogens (tertiary/aromatic N) is 4. The topological polar surface area (TPSA) is 109 Å². The summed E-state index contributed by atoms with van der Waals surface area (Å²) in [6, 6.07) is 22.8. The first kappa shape index (κ1) is 33.2. The lowest BCUT2D eigenvalue weighted by Gasteiger charge is -2.38. The van der Waals surface area contributed by atoms with Crippen LogP contribution >= 0.6 is 0 Å². The van der Waals surface area contributed by atoms with Gasteiger partial charge in [0.05, 0.1) is 28.5 Å². The molecule has 4 aromatic rings. The van der Waals surface area contributed by atoms with Crippen LogP contribution in [0.15, 0.2) is 77.7 Å². The van der Waals surface area contributed by atoms with E-state index in [4.69, 9.17) is 9.84 Å². The number of anilines is 3. The number of fused-ring (bicyclic) bond motifs is 3. The van der Waals surface area contributed by atoms with Crippen molar-refractivity contribution in [1.82, 2.24) is 14.1 Å². The van der Waals surface area contributed by atoms with Crippen molar-refractivity contribution < 1.29 is 17.9 Å². The predicted octanol–water partition coefficient (Wildman–Crippen LogP) is 7.13. The zero-order valence-electron chi connectivity index (χ0n) is 28.9. The lowest BCUT2D eigenvalue weighted by molar-refractivity contribution is 0.190. The summed E-state index contributed by atoms with van der Waals surface area (Å²) in [7, 11) is -1.65. The Balaban J connectivity index is 1.01. The van der Waals surface area contributed by atoms with Gasteiger partial charge in [-0.15, -0.1) is 0 Å². The van der Waals surface area contributed by atoms with Crippen LogP contribution in [-0.4, -0.2) is 60.8 Å². The molecule has 2 amide bonds. The van der Waals surface area contributed by atoms with Gasteiger partial charge in [-0.05, 0) is 86.9 Å². The molecule has 3 aliphatic rings. The van der Waals surface area contributed by atoms with Crippen molar-refractivity contribution in [2.75, 3.05) is 35.7 Å². The molecule has 2 bridgehead atoms. The van der Waals surface area contributed by atoms with Gasteiger partial charge in [-0.3, -0.25) is 5.32 Å². The maximum atomic E-state index is 13.9. The average molecular weight is 683 g/mol. The highest BCUT2D eigenvalue weighted by molar-refractivity contribution is 7.89. The van der Waals surface area contributed by atoms with Crippen molar-refractivity contribution in [3.05, 3.63) is 89.6 Å². The minimum Gasteiger partial charge on any atom is -0.490 e. The van der Waals surface area contributed by atoms with Crippen LogP contribution < -0.4 is 20.3 Å². The van der Waals surface area contributed by atoms with Crippen molar-refractivity contribution in [2.45, 2.75) is 82.2 Å². The van der Waals surface area contributed by atoms with Gasteiger partial charge >= 0.3 is 6.03 Å². The van der Waals surface area contributed by atoms with E-state index in [9.17, 15) is 13.2 Å². The van der Waals surface area contributed by atoms with Crippen molar-refractivity contribution in [3.8, 4) is 11.4 Å². The fourth-order valence-corrected chi connectivity index (χ4v) is 9.44. The fourth-order valence-electron chi connectivity index (χ4n) is 7.53. The normalized spacial score (nSPS) is 20.8. The highest BCUT2D eigenvalue weighted by atomic mass is 32.2. The third kappa shape index (κ3) is 6.78. The molecule has 10 nitrogen and oxygen atoms in total. The quantitative estimate of drug-likeness (QED) is 0.215. The molecule has 0 spiro atoms. The summed E-state index contributed by atoms with van der Waals surface area (Å²) >= 11 is 0. The summed E-state index contributed by atoms with van der Waals surface area (Å²) < 4.78 is 37.2. The molecule has 11 heteroatoms. The molecule has 3 aromatic carbocycles. The number of carbonyl (C=O) groups excluding carboxylic acids is 1. The molecule has 4 heterocycles. The number of piperidine rings is 1. The molecule has 0 radical (unpaired) electrons. The number of hydrogen-bond donors (Lipinski definition) is 2. The number of nitrogens with one attached hydrogen (secondary N) is 2. The number of aromatic nitrogens is 2. The number of ether oxygens (including phenoxy) is 1. The smallest absolute Gasteiger partial charge is 0.324 e. The second kappa shape index (κ2) is 12.8. The molecule has 49 heavy (non-hydrogen) atoms. The van der Waals surface area contributed by atoms with Crippen LogP contribution in [0.1, 0.15) is 63.3 Å². The third-order valence-electron chi connectivity index (χ3n) is 10.1. The summed E-state index contributed by atoms with van der Waals surface area (Å²) in [6.45, 7) is 9.66. The number of carbonyl (C=O) groups is 1. The molecule has 258 valence electrons. The summed E-state index contributed by atoms with van der Waals surface area (Å²) in [5.74, 6) is 1.58. The SMILES string of the molecule is Cc1ccc(-n2nc(C(C)(C)C)cc2NC(=O)Nc2cccc(CC3CC4CCC(C3)N4S(=O)(=O)c3ccc4c(c3)OCCN4C)c2)cc1. The number of amides is 2. The highest BCUT2D eigenvalue weighted by Gasteiger charge is 2.47. The van der Waals surface area contributed by atoms with Crippen molar-refractivity contribution in [1.29, 1.82) is 0 Å². The van der Waals surface area contributed by atoms with Gasteiger partial charge in [0.25, 0.3) is 0 Å². The lowest BCUT2D eigenvalue weighted by Crippen LogP contribution is -2.46. The standard InChI is InChI=1S/C38H46N6O4S/c1-25-9-11-29(12-10-25)43-36(24-35(41-43)38(2,3)4)40-37(45)39-28-8-6-7-26(20-28)19-27-21-30-13-14-31(22-27)44(30)49(46,47)32-15-16-33-34(23-32)48-18-17-42(33)5/h6-12,15-16,20,23-24,27,30-31H,13-14,17-19,21-22H2,1-5H3,(H2,39,40,45). The second-order valence-corrected chi connectivity index (χ2v) is 16.7. The van der Waals surface area contributed by atoms with Gasteiger partial charge in [0, 0.05) is 42.4 Å². The van der Waals surface area contributed by atoms with E-state index >= 15 is 0 Å². The molecule has 2 atom stereocenters. The number of benzene rings is 3. The third-order valence-corrected chi connectivity index (χ3v) is 12.1. The first-order chi connectivity index (χ1) is 23.3. The fraction of sp³-hybridized carbons (Fsp3) is 0.421. The van der Waals surface area contributed by atoms with Gasteiger partial charge in [-0.2, -0.15) is 9.40 Å². The van der Waals surface area contributed by atoms with E-state index in [2.05, 4.69) is 42.4 Å². The molecule has 1 aromatic heterocycles. The predicted molar refractivity (Wildman–Crippen MR) is 194 cm³/mol. The first-order valence-electron chi connectivity index (χ1n) is 17.2. The monoisotopic (exact) mass is 682 g/mol. The average Bonchev–Trinajstić information content (AvgIpc) is 3.60. The van der Waals surface area contributed by atoms with Crippen LogP contribution in [-0.2, 0) is 21.9 Å². The van der Waals surface area contributed by atoms with Gasteiger partial charge in [0.2, 0.25) is 10.0 Å². The van der Waals surface area contributed by atoms with Crippen molar-refractivity contribution >= 4 is 33.2 Å². The van der Waals surface area contributed by atoms with E-state index in [1.54, 1.807) is 21.1 Å². The molecule has 2 saturated heterocycles. The maximum absolute atomic E-state index is 13.9. The Morgan fingerprint density at radius 1 is 0.959 bits per heavy atom. The minimum atomic E-state index is -3.65. The number of aryl methyl sites for hydroxylation is 1. The van der Waals surface area contributed by atoms with E-state index in [0.29, 0.717) is 34.7 Å². The Hall–Kier alpha value is -4.35. The Morgan fingerprint density at radius 3 is 2.41 bits per heavy atom. The van der Waals surface area contributed by atoms with Crippen LogP contribution in [0.2, 0.25) is 0 Å². The van der Waals surface area contributed by atoms with Crippen molar-refractivity contribution in [3.63, 3.8) is 0 Å². The lowest BCUT2D eigenvalue weighted by atomic mass is 9.87. The largest absolute Gasteiger partial charge is 0.490 e. The summed E-state index contributed by atoms with van der Waals surface area (Å²) in [5, 5.41) is 10.8. The van der Waals surface area contributed by atoms with E-state index in [-0.39, 0.29) is 23.5 Å². The van der Waals surface area contributed by atoms with Crippen LogP contribution in [0, 0.1) is 12.8 Å². The van der Waals surface area contributed by atoms with Gasteiger partial charge in [0.1, 0.15) is 18.2 Å². The Morgan fingerprint density at radius 2 is 1.69 bits per heavy atom. The Labute approximate surface area is 289 Å². The molecule has 0 saturated carbocycles. The number of urea groups is 1. The van der Waals surface area contributed by atoms with E-state index in [1.807, 2.05) is 68.6 Å². The van der Waals surface area contributed by atoms with E-state index in [1.165, 1.54) is 0 Å². The van der Waals surface area contributed by atoms with Crippen molar-refractivity contribution in [2.24, 2.45) is 5.92 Å². The van der Waals surface area contributed by atoms with Gasteiger partial charge in [-0.1, -0.05) is 50.6 Å². The maximum Gasteiger partial charge on any atom is 0.324 e. The zero-order valence-corrected chi connectivity index (χ0v) is 29.8. The Bertz CT molecular complexity index is 1950. The Kier molecular flexibility index (Phi) is 8.69. The first-order valence-corrected chi connectivity index (χ1v) is 18.7. The molecule has 2 N–H and O–H groups in total. The second-order valence-electron chi connectivity index (χ2n) is 14.9. The molecule has 0 aliphatic carbocycles. The van der Waals surface area contributed by atoms with E-state index < -0.39 is 10.0 Å². The van der Waals surface area contributed by atoms with Gasteiger partial charge in [-0.25, -0.2) is 17.9 Å². The summed E-state index contributed by atoms with van der Waals surface area (Å²) in [5.41, 5.74) is 5.45. The molecule has 7 rings (SSSR count).